The second-order valence-electron chi connectivity index (χ2n) is 4.61. The smallest absolute Gasteiger partial charge is 0.140 e. The summed E-state index contributed by atoms with van der Waals surface area (Å²) in [6.45, 7) is 5.79. The molecule has 0 amide bonds. The second-order valence-corrected chi connectivity index (χ2v) is 4.61. The van der Waals surface area contributed by atoms with E-state index in [4.69, 9.17) is 9.26 Å². The van der Waals surface area contributed by atoms with Crippen LogP contribution in [0, 0.1) is 13.8 Å². The van der Waals surface area contributed by atoms with E-state index in [2.05, 4.69) is 5.16 Å². The number of ketones is 1. The molecule has 4 nitrogen and oxygen atoms in total. The fourth-order valence-corrected chi connectivity index (χ4v) is 1.85. The van der Waals surface area contributed by atoms with Crippen LogP contribution < -0.4 is 4.74 Å². The third-order valence-electron chi connectivity index (χ3n) is 2.94. The molecule has 0 aliphatic rings. The molecule has 1 aromatic heterocycles. The van der Waals surface area contributed by atoms with Crippen molar-refractivity contribution in [2.24, 2.45) is 0 Å². The van der Waals surface area contributed by atoms with Gasteiger partial charge in [-0.05, 0) is 38.5 Å². The van der Waals surface area contributed by atoms with E-state index in [1.165, 1.54) is 0 Å². The van der Waals surface area contributed by atoms with E-state index >= 15 is 0 Å². The lowest BCUT2D eigenvalue weighted by Crippen LogP contribution is -1.99. The maximum atomic E-state index is 11.0. The molecule has 2 rings (SSSR count). The Labute approximate surface area is 112 Å². The first-order valence-corrected chi connectivity index (χ1v) is 6.19. The van der Waals surface area contributed by atoms with E-state index in [0.29, 0.717) is 13.0 Å². The van der Waals surface area contributed by atoms with Crippen LogP contribution in [0.3, 0.4) is 0 Å². The Balaban J connectivity index is 1.98. The van der Waals surface area contributed by atoms with Crippen LogP contribution in [0.25, 0.3) is 0 Å². The number of carbonyl (C=O) groups excluding carboxylic acids is 1. The van der Waals surface area contributed by atoms with E-state index in [1.807, 2.05) is 38.1 Å². The SMILES string of the molecule is CC(=O)Cc1ccc(OCc2c(C)noc2C)cc1. The van der Waals surface area contributed by atoms with E-state index < -0.39 is 0 Å². The Morgan fingerprint density at radius 1 is 1.26 bits per heavy atom. The summed E-state index contributed by atoms with van der Waals surface area (Å²) in [4.78, 5) is 11.0. The lowest BCUT2D eigenvalue weighted by Gasteiger charge is -2.06. The first-order valence-electron chi connectivity index (χ1n) is 6.19. The van der Waals surface area contributed by atoms with Crippen LogP contribution in [0.4, 0.5) is 0 Å². The van der Waals surface area contributed by atoms with Gasteiger partial charge < -0.3 is 9.26 Å². The quantitative estimate of drug-likeness (QED) is 0.828. The van der Waals surface area contributed by atoms with Crippen molar-refractivity contribution in [3.63, 3.8) is 0 Å². The largest absolute Gasteiger partial charge is 0.489 e. The van der Waals surface area contributed by atoms with Gasteiger partial charge in [-0.15, -0.1) is 0 Å². The van der Waals surface area contributed by atoms with Crippen LogP contribution in [-0.2, 0) is 17.8 Å². The lowest BCUT2D eigenvalue weighted by molar-refractivity contribution is -0.116. The Morgan fingerprint density at radius 3 is 2.47 bits per heavy atom. The van der Waals surface area contributed by atoms with Gasteiger partial charge in [-0.1, -0.05) is 17.3 Å². The number of nitrogens with zero attached hydrogens (tertiary/aromatic N) is 1. The zero-order valence-corrected chi connectivity index (χ0v) is 11.4. The number of rotatable bonds is 5. The molecule has 4 heteroatoms. The topological polar surface area (TPSA) is 52.3 Å². The maximum absolute atomic E-state index is 11.0. The Bertz CT molecular complexity index is 550. The summed E-state index contributed by atoms with van der Waals surface area (Å²) < 4.78 is 10.8. The Morgan fingerprint density at radius 2 is 1.95 bits per heavy atom. The van der Waals surface area contributed by atoms with Crippen LogP contribution in [0.5, 0.6) is 5.75 Å². The molecule has 0 aliphatic carbocycles. The number of Topliss-reactive ketones (excluding diaryl/α,β-unsaturated/α-hetero) is 1. The van der Waals surface area contributed by atoms with Gasteiger partial charge in [-0.25, -0.2) is 0 Å². The molecular formula is C15H17NO3. The van der Waals surface area contributed by atoms with E-state index in [9.17, 15) is 4.79 Å². The van der Waals surface area contributed by atoms with Crippen molar-refractivity contribution in [1.29, 1.82) is 0 Å². The van der Waals surface area contributed by atoms with Crippen molar-refractivity contribution in [2.45, 2.75) is 33.8 Å². The Hall–Kier alpha value is -2.10. The van der Waals surface area contributed by atoms with Crippen molar-refractivity contribution in [2.75, 3.05) is 0 Å². The van der Waals surface area contributed by atoms with Crippen LogP contribution in [0.2, 0.25) is 0 Å². The number of aryl methyl sites for hydroxylation is 2. The molecule has 19 heavy (non-hydrogen) atoms. The molecule has 0 bridgehead atoms. The molecule has 100 valence electrons. The van der Waals surface area contributed by atoms with E-state index in [1.54, 1.807) is 6.92 Å². The minimum atomic E-state index is 0.157. The number of hydrogen-bond acceptors (Lipinski definition) is 4. The van der Waals surface area contributed by atoms with Gasteiger partial charge in [0.25, 0.3) is 0 Å². The molecule has 0 saturated carbocycles. The van der Waals surface area contributed by atoms with Gasteiger partial charge in [-0.3, -0.25) is 4.79 Å². The highest BCUT2D eigenvalue weighted by molar-refractivity contribution is 5.78. The third-order valence-corrected chi connectivity index (χ3v) is 2.94. The number of benzene rings is 1. The number of ether oxygens (including phenoxy) is 1. The molecule has 0 saturated heterocycles. The zero-order chi connectivity index (χ0) is 13.8. The average Bonchev–Trinajstić information content (AvgIpc) is 2.68. The first kappa shape index (κ1) is 13.3. The maximum Gasteiger partial charge on any atom is 0.140 e. The molecule has 0 fully saturated rings. The highest BCUT2D eigenvalue weighted by Crippen LogP contribution is 2.18. The number of carbonyl (C=O) groups is 1. The number of hydrogen-bond donors (Lipinski definition) is 0. The lowest BCUT2D eigenvalue weighted by atomic mass is 10.1. The molecule has 0 aliphatic heterocycles. The molecule has 0 spiro atoms. The normalized spacial score (nSPS) is 10.5. The predicted molar refractivity (Wildman–Crippen MR) is 71.1 cm³/mol. The van der Waals surface area contributed by atoms with E-state index in [0.717, 1.165) is 28.3 Å². The second kappa shape index (κ2) is 5.69. The van der Waals surface area contributed by atoms with Gasteiger partial charge in [0.2, 0.25) is 0 Å². The van der Waals surface area contributed by atoms with Gasteiger partial charge in [0.15, 0.2) is 0 Å². The van der Waals surface area contributed by atoms with Gasteiger partial charge in [0, 0.05) is 6.42 Å². The summed E-state index contributed by atoms with van der Waals surface area (Å²) >= 11 is 0. The highest BCUT2D eigenvalue weighted by Gasteiger charge is 2.09. The zero-order valence-electron chi connectivity index (χ0n) is 11.4. The van der Waals surface area contributed by atoms with Crippen molar-refractivity contribution in [3.05, 3.63) is 46.8 Å². The van der Waals surface area contributed by atoms with Crippen molar-refractivity contribution < 1.29 is 14.1 Å². The third kappa shape index (κ3) is 3.44. The van der Waals surface area contributed by atoms with Gasteiger partial charge in [-0.2, -0.15) is 0 Å². The molecule has 0 unspecified atom stereocenters. The van der Waals surface area contributed by atoms with Crippen LogP contribution in [0.15, 0.2) is 28.8 Å². The molecule has 1 heterocycles. The van der Waals surface area contributed by atoms with Gasteiger partial charge in [0.05, 0.1) is 11.3 Å². The summed E-state index contributed by atoms with van der Waals surface area (Å²) in [7, 11) is 0. The monoisotopic (exact) mass is 259 g/mol. The average molecular weight is 259 g/mol. The molecule has 1 aromatic carbocycles. The van der Waals surface area contributed by atoms with Crippen LogP contribution in [0.1, 0.15) is 29.5 Å². The summed E-state index contributed by atoms with van der Waals surface area (Å²) in [6.07, 6.45) is 0.462. The summed E-state index contributed by atoms with van der Waals surface area (Å²) in [6, 6.07) is 7.56. The molecule has 0 N–H and O–H groups in total. The minimum absolute atomic E-state index is 0.157. The number of aromatic nitrogens is 1. The predicted octanol–water partition coefficient (Wildman–Crippen LogP) is 3.00. The van der Waals surface area contributed by atoms with Crippen LogP contribution >= 0.6 is 0 Å². The van der Waals surface area contributed by atoms with Crippen molar-refractivity contribution in [3.8, 4) is 5.75 Å². The standard InChI is InChI=1S/C15H17NO3/c1-10(17)8-13-4-6-14(7-5-13)18-9-15-11(2)16-19-12(15)3/h4-7H,8-9H2,1-3H3. The first-order chi connectivity index (χ1) is 9.06. The molecule has 0 radical (unpaired) electrons. The molecular weight excluding hydrogens is 242 g/mol. The molecule has 0 atom stereocenters. The Kier molecular flexibility index (Phi) is 4.00. The van der Waals surface area contributed by atoms with Crippen molar-refractivity contribution >= 4 is 5.78 Å². The van der Waals surface area contributed by atoms with Crippen molar-refractivity contribution in [1.82, 2.24) is 5.16 Å². The van der Waals surface area contributed by atoms with Crippen LogP contribution in [-0.4, -0.2) is 10.9 Å². The van der Waals surface area contributed by atoms with E-state index in [-0.39, 0.29) is 5.78 Å². The van der Waals surface area contributed by atoms with Gasteiger partial charge in [0.1, 0.15) is 23.9 Å². The fourth-order valence-electron chi connectivity index (χ4n) is 1.85. The minimum Gasteiger partial charge on any atom is -0.489 e. The summed E-state index contributed by atoms with van der Waals surface area (Å²) in [5.74, 6) is 1.71. The highest BCUT2D eigenvalue weighted by atomic mass is 16.5. The van der Waals surface area contributed by atoms with Gasteiger partial charge >= 0.3 is 0 Å². The summed E-state index contributed by atoms with van der Waals surface area (Å²) in [5.41, 5.74) is 2.83. The fraction of sp³-hybridized carbons (Fsp3) is 0.333. The summed E-state index contributed by atoms with van der Waals surface area (Å²) in [5, 5.41) is 3.88. The molecule has 2 aromatic rings.